The Morgan fingerprint density at radius 1 is 1.30 bits per heavy atom. The maximum absolute atomic E-state index is 10.4. The van der Waals surface area contributed by atoms with Crippen LogP contribution in [-0.4, -0.2) is 18.0 Å². The van der Waals surface area contributed by atoms with E-state index in [1.54, 1.807) is 0 Å². The van der Waals surface area contributed by atoms with Gasteiger partial charge < -0.3 is 5.11 Å². The Hall–Kier alpha value is 0.300. The first-order chi connectivity index (χ1) is 4.72. The van der Waals surface area contributed by atoms with Crippen molar-refractivity contribution in [3.8, 4) is 0 Å². The lowest BCUT2D eigenvalue weighted by atomic mass is 10.7. The summed E-state index contributed by atoms with van der Waals surface area (Å²) in [5.74, 6) is 0. The van der Waals surface area contributed by atoms with Crippen molar-refractivity contribution in [3.05, 3.63) is 0 Å². The molecule has 1 saturated heterocycles. The molecule has 6 nitrogen and oxygen atoms in total. The minimum atomic E-state index is -2.70. The van der Waals surface area contributed by atoms with E-state index in [-0.39, 0.29) is 0 Å². The summed E-state index contributed by atoms with van der Waals surface area (Å²) in [4.78, 5) is 0. The van der Waals surface area contributed by atoms with Crippen molar-refractivity contribution in [2.75, 3.05) is 6.61 Å². The first-order valence-corrected chi connectivity index (χ1v) is 4.87. The molecule has 0 bridgehead atoms. The molecule has 0 saturated carbocycles. The van der Waals surface area contributed by atoms with Gasteiger partial charge in [0, 0.05) is 0 Å². The summed E-state index contributed by atoms with van der Waals surface area (Å²) in [6.07, 6.45) is -1.06. The van der Waals surface area contributed by atoms with E-state index < -0.39 is 29.4 Å². The van der Waals surface area contributed by atoms with Crippen molar-refractivity contribution in [1.29, 1.82) is 0 Å². The van der Waals surface area contributed by atoms with Crippen LogP contribution in [0.3, 0.4) is 0 Å². The van der Waals surface area contributed by atoms with Crippen molar-refractivity contribution < 1.29 is 27.6 Å². The van der Waals surface area contributed by atoms with Gasteiger partial charge in [-0.3, -0.25) is 18.2 Å². The Balaban J connectivity index is 2.50. The minimum absolute atomic E-state index is 0.476. The fourth-order valence-electron chi connectivity index (χ4n) is 0.429. The zero-order valence-corrected chi connectivity index (χ0v) is 6.77. The molecular formula is C2H6O6P2. The van der Waals surface area contributed by atoms with Gasteiger partial charge in [-0.1, -0.05) is 0 Å². The van der Waals surface area contributed by atoms with Crippen molar-refractivity contribution in [2.45, 2.75) is 6.29 Å². The highest BCUT2D eigenvalue weighted by molar-refractivity contribution is 7.48. The van der Waals surface area contributed by atoms with E-state index >= 15 is 0 Å². The first kappa shape index (κ1) is 8.40. The van der Waals surface area contributed by atoms with Gasteiger partial charge in [0.2, 0.25) is 0 Å². The molecule has 1 rings (SSSR count). The molecular weight excluding hydrogens is 182 g/mol. The largest absolute Gasteiger partial charge is 0.391 e. The average Bonchev–Trinajstić information content (AvgIpc) is 1.85. The molecule has 0 spiro atoms. The number of hydrogen-bond acceptors (Lipinski definition) is 6. The molecule has 10 heavy (non-hydrogen) atoms. The van der Waals surface area contributed by atoms with Gasteiger partial charge in [-0.05, 0) is 0 Å². The second-order valence-corrected chi connectivity index (χ2v) is 3.74. The molecule has 1 heterocycles. The Kier molecular flexibility index (Phi) is 3.04. The zero-order valence-electron chi connectivity index (χ0n) is 4.77. The standard InChI is InChI=1S/C2H6O6P2/c3-1-2-6-9(4)8-10(5)7-2/h2-3,9-10H,1H2. The molecule has 8 heteroatoms. The summed E-state index contributed by atoms with van der Waals surface area (Å²) in [6, 6.07) is 0. The van der Waals surface area contributed by atoms with Crippen LogP contribution in [0.2, 0.25) is 0 Å². The van der Waals surface area contributed by atoms with Crippen LogP contribution < -0.4 is 0 Å². The summed E-state index contributed by atoms with van der Waals surface area (Å²) in [7, 11) is -5.41. The molecule has 0 aromatic carbocycles. The maximum Gasteiger partial charge on any atom is 0.328 e. The fourth-order valence-corrected chi connectivity index (χ4v) is 2.13. The molecule has 0 aliphatic carbocycles. The van der Waals surface area contributed by atoms with Gasteiger partial charge in [0.1, 0.15) is 0 Å². The number of aliphatic hydroxyl groups excluding tert-OH is 1. The fraction of sp³-hybridized carbons (Fsp3) is 1.00. The predicted octanol–water partition coefficient (Wildman–Crippen LogP) is 0.148. The lowest BCUT2D eigenvalue weighted by Crippen LogP contribution is -2.17. The topological polar surface area (TPSA) is 82.1 Å². The predicted molar refractivity (Wildman–Crippen MR) is 32.1 cm³/mol. The van der Waals surface area contributed by atoms with Crippen LogP contribution in [0.4, 0.5) is 0 Å². The highest BCUT2D eigenvalue weighted by Crippen LogP contribution is 2.46. The van der Waals surface area contributed by atoms with E-state index in [1.165, 1.54) is 0 Å². The molecule has 0 aromatic rings. The molecule has 2 atom stereocenters. The normalized spacial score (nSPS) is 41.5. The maximum atomic E-state index is 10.4. The quantitative estimate of drug-likeness (QED) is 0.589. The number of hydrogen-bond donors (Lipinski definition) is 1. The lowest BCUT2D eigenvalue weighted by molar-refractivity contribution is -0.0508. The third kappa shape index (κ3) is 2.16. The Morgan fingerprint density at radius 3 is 2.20 bits per heavy atom. The van der Waals surface area contributed by atoms with Crippen LogP contribution in [0.25, 0.3) is 0 Å². The Labute approximate surface area is 58.0 Å². The van der Waals surface area contributed by atoms with E-state index in [1.807, 2.05) is 0 Å². The molecule has 1 N–H and O–H groups in total. The van der Waals surface area contributed by atoms with E-state index in [2.05, 4.69) is 13.4 Å². The molecule has 1 fully saturated rings. The van der Waals surface area contributed by atoms with E-state index in [0.717, 1.165) is 0 Å². The second-order valence-electron chi connectivity index (χ2n) is 1.45. The van der Waals surface area contributed by atoms with Crippen LogP contribution in [0.1, 0.15) is 0 Å². The SMILES string of the molecule is O=[PH]1OC(CO)O[PH](=O)O1. The molecule has 60 valence electrons. The van der Waals surface area contributed by atoms with Crippen molar-refractivity contribution in [3.63, 3.8) is 0 Å². The van der Waals surface area contributed by atoms with E-state index in [0.29, 0.717) is 0 Å². The lowest BCUT2D eigenvalue weighted by Gasteiger charge is -2.19. The first-order valence-electron chi connectivity index (χ1n) is 2.42. The van der Waals surface area contributed by atoms with E-state index in [9.17, 15) is 9.13 Å². The monoisotopic (exact) mass is 188 g/mol. The Bertz CT molecular complexity index is 151. The minimum Gasteiger partial charge on any atom is -0.391 e. The zero-order chi connectivity index (χ0) is 7.56. The number of aliphatic hydroxyl groups is 1. The Morgan fingerprint density at radius 2 is 1.80 bits per heavy atom. The average molecular weight is 188 g/mol. The van der Waals surface area contributed by atoms with Gasteiger partial charge in [-0.15, -0.1) is 0 Å². The van der Waals surface area contributed by atoms with Crippen LogP contribution in [0, 0.1) is 0 Å². The third-order valence-electron chi connectivity index (χ3n) is 0.771. The molecule has 2 unspecified atom stereocenters. The van der Waals surface area contributed by atoms with Crippen molar-refractivity contribution >= 4 is 16.5 Å². The van der Waals surface area contributed by atoms with Crippen LogP contribution in [-0.2, 0) is 22.5 Å². The van der Waals surface area contributed by atoms with Crippen molar-refractivity contribution in [1.82, 2.24) is 0 Å². The summed E-state index contributed by atoms with van der Waals surface area (Å²) in [5, 5.41) is 8.38. The van der Waals surface area contributed by atoms with Gasteiger partial charge in [0.15, 0.2) is 6.29 Å². The molecule has 1 aliphatic heterocycles. The van der Waals surface area contributed by atoms with E-state index in [4.69, 9.17) is 5.11 Å². The van der Waals surface area contributed by atoms with Crippen molar-refractivity contribution in [2.24, 2.45) is 0 Å². The number of rotatable bonds is 1. The third-order valence-corrected chi connectivity index (χ3v) is 3.02. The summed E-state index contributed by atoms with van der Waals surface area (Å²) in [6.45, 7) is -0.476. The second kappa shape index (κ2) is 3.62. The summed E-state index contributed by atoms with van der Waals surface area (Å²) in [5.41, 5.74) is 0. The molecule has 0 radical (unpaired) electrons. The van der Waals surface area contributed by atoms with Crippen LogP contribution >= 0.6 is 16.5 Å². The van der Waals surface area contributed by atoms with Crippen LogP contribution in [0.5, 0.6) is 0 Å². The van der Waals surface area contributed by atoms with Gasteiger partial charge >= 0.3 is 16.5 Å². The highest BCUT2D eigenvalue weighted by Gasteiger charge is 2.23. The molecule has 0 amide bonds. The van der Waals surface area contributed by atoms with Crippen LogP contribution in [0.15, 0.2) is 0 Å². The van der Waals surface area contributed by atoms with Gasteiger partial charge in [0.25, 0.3) is 0 Å². The van der Waals surface area contributed by atoms with Gasteiger partial charge in [-0.25, -0.2) is 4.31 Å². The smallest absolute Gasteiger partial charge is 0.328 e. The van der Waals surface area contributed by atoms with Gasteiger partial charge in [-0.2, -0.15) is 0 Å². The summed E-state index contributed by atoms with van der Waals surface area (Å²) < 4.78 is 33.8. The highest BCUT2D eigenvalue weighted by atomic mass is 31.2. The van der Waals surface area contributed by atoms with Gasteiger partial charge in [0.05, 0.1) is 6.61 Å². The molecule has 0 aromatic heterocycles. The molecule has 1 aliphatic rings. The summed E-state index contributed by atoms with van der Waals surface area (Å²) >= 11 is 0.